The Balaban J connectivity index is 2.38. The van der Waals surface area contributed by atoms with Gasteiger partial charge in [-0.05, 0) is 25.3 Å². The first kappa shape index (κ1) is 13.7. The number of carbonyl (C=O) groups is 1. The molecular weight excluding hydrogens is 212 g/mol. The van der Waals surface area contributed by atoms with Crippen LogP contribution in [0.5, 0.6) is 0 Å². The zero-order valence-corrected chi connectivity index (χ0v) is 10.6. The molecule has 0 aliphatic heterocycles. The van der Waals surface area contributed by atoms with E-state index in [1.54, 1.807) is 0 Å². The molecule has 2 unspecified atom stereocenters. The highest BCUT2D eigenvalue weighted by molar-refractivity contribution is 5.83. The summed E-state index contributed by atoms with van der Waals surface area (Å²) >= 11 is 0. The third-order valence-corrected chi connectivity index (χ3v) is 3.03. The van der Waals surface area contributed by atoms with Crippen LogP contribution in [0, 0.1) is 0 Å². The molecule has 0 saturated heterocycles. The highest BCUT2D eigenvalue weighted by atomic mass is 16.1. The molecule has 0 fully saturated rings. The van der Waals surface area contributed by atoms with Gasteiger partial charge >= 0.3 is 0 Å². The lowest BCUT2D eigenvalue weighted by atomic mass is 10.0. The minimum absolute atomic E-state index is 0.0690. The molecule has 94 valence electrons. The quantitative estimate of drug-likeness (QED) is 0.791. The highest BCUT2D eigenvalue weighted by Gasteiger charge is 2.14. The molecule has 1 amide bonds. The first-order valence-electron chi connectivity index (χ1n) is 6.23. The number of amides is 1. The lowest BCUT2D eigenvalue weighted by Gasteiger charge is -2.14. The van der Waals surface area contributed by atoms with Gasteiger partial charge in [-0.25, -0.2) is 0 Å². The summed E-state index contributed by atoms with van der Waals surface area (Å²) in [7, 11) is 0. The van der Waals surface area contributed by atoms with Crippen molar-refractivity contribution in [3.63, 3.8) is 0 Å². The van der Waals surface area contributed by atoms with E-state index in [4.69, 9.17) is 5.73 Å². The lowest BCUT2D eigenvalue weighted by molar-refractivity contribution is -0.122. The van der Waals surface area contributed by atoms with Gasteiger partial charge in [0.1, 0.15) is 0 Å². The van der Waals surface area contributed by atoms with Crippen molar-refractivity contribution in [2.24, 2.45) is 5.73 Å². The van der Waals surface area contributed by atoms with Crippen LogP contribution >= 0.6 is 0 Å². The van der Waals surface area contributed by atoms with E-state index in [0.717, 1.165) is 18.4 Å². The summed E-state index contributed by atoms with van der Waals surface area (Å²) in [4.78, 5) is 11.9. The zero-order chi connectivity index (χ0) is 12.7. The van der Waals surface area contributed by atoms with Crippen LogP contribution in [0.2, 0.25) is 0 Å². The minimum atomic E-state index is -0.103. The summed E-state index contributed by atoms with van der Waals surface area (Å²) in [6.07, 6.45) is 1.79. The summed E-state index contributed by atoms with van der Waals surface area (Å²) in [6, 6.07) is 9.98. The molecule has 0 saturated carbocycles. The number of carbonyl (C=O) groups excluding carboxylic acids is 1. The van der Waals surface area contributed by atoms with Gasteiger partial charge in [0, 0.05) is 12.6 Å². The Kier molecular flexibility index (Phi) is 5.70. The molecule has 0 radical (unpaired) electrons. The van der Waals surface area contributed by atoms with E-state index in [9.17, 15) is 4.79 Å². The molecular formula is C14H22N2O. The third kappa shape index (κ3) is 4.57. The van der Waals surface area contributed by atoms with Gasteiger partial charge in [0.25, 0.3) is 0 Å². The number of rotatable bonds is 6. The van der Waals surface area contributed by atoms with E-state index < -0.39 is 0 Å². The molecule has 3 N–H and O–H groups in total. The van der Waals surface area contributed by atoms with Crippen LogP contribution in [0.1, 0.15) is 38.2 Å². The monoisotopic (exact) mass is 234 g/mol. The molecule has 0 bridgehead atoms. The maximum absolute atomic E-state index is 11.9. The van der Waals surface area contributed by atoms with Crippen molar-refractivity contribution >= 4 is 5.91 Å². The Bertz CT molecular complexity index is 337. The summed E-state index contributed by atoms with van der Waals surface area (Å²) < 4.78 is 0. The number of hydrogen-bond acceptors (Lipinski definition) is 2. The predicted molar refractivity (Wildman–Crippen MR) is 70.8 cm³/mol. The lowest BCUT2D eigenvalue weighted by Crippen LogP contribution is -2.32. The molecule has 0 aromatic heterocycles. The fraction of sp³-hybridized carbons (Fsp3) is 0.500. The Hall–Kier alpha value is -1.35. The molecule has 1 aromatic carbocycles. The van der Waals surface area contributed by atoms with Crippen molar-refractivity contribution in [1.29, 1.82) is 0 Å². The van der Waals surface area contributed by atoms with E-state index >= 15 is 0 Å². The number of hydrogen-bond donors (Lipinski definition) is 2. The Morgan fingerprint density at radius 3 is 2.59 bits per heavy atom. The first-order valence-corrected chi connectivity index (χ1v) is 6.23. The third-order valence-electron chi connectivity index (χ3n) is 3.03. The molecule has 3 nitrogen and oxygen atoms in total. The second-order valence-electron chi connectivity index (χ2n) is 4.38. The van der Waals surface area contributed by atoms with Crippen LogP contribution in [0.15, 0.2) is 30.3 Å². The molecule has 0 aliphatic rings. The van der Waals surface area contributed by atoms with E-state index in [0.29, 0.717) is 6.54 Å². The predicted octanol–water partition coefficient (Wildman–Crippen LogP) is 2.03. The molecule has 0 spiro atoms. The van der Waals surface area contributed by atoms with Crippen LogP contribution in [0.3, 0.4) is 0 Å². The largest absolute Gasteiger partial charge is 0.356 e. The minimum Gasteiger partial charge on any atom is -0.356 e. The summed E-state index contributed by atoms with van der Waals surface area (Å²) in [5.74, 6) is -0.0337. The van der Waals surface area contributed by atoms with Gasteiger partial charge in [0.05, 0.1) is 5.92 Å². The average molecular weight is 234 g/mol. The standard InChI is InChI=1S/C14H22N2O/c1-3-13(15)9-10-16-14(17)11(2)12-7-5-4-6-8-12/h4-8,11,13H,3,9-10,15H2,1-2H3,(H,16,17). The van der Waals surface area contributed by atoms with Crippen LogP contribution in [-0.4, -0.2) is 18.5 Å². The van der Waals surface area contributed by atoms with Crippen molar-refractivity contribution in [3.05, 3.63) is 35.9 Å². The molecule has 1 aromatic rings. The second kappa shape index (κ2) is 7.07. The number of nitrogens with one attached hydrogen (secondary N) is 1. The Morgan fingerprint density at radius 1 is 1.35 bits per heavy atom. The van der Waals surface area contributed by atoms with Gasteiger partial charge in [-0.2, -0.15) is 0 Å². The van der Waals surface area contributed by atoms with Crippen LogP contribution in [0.4, 0.5) is 0 Å². The zero-order valence-electron chi connectivity index (χ0n) is 10.6. The van der Waals surface area contributed by atoms with Gasteiger partial charge in [-0.3, -0.25) is 4.79 Å². The molecule has 0 heterocycles. The van der Waals surface area contributed by atoms with E-state index in [1.165, 1.54) is 0 Å². The number of benzene rings is 1. The summed E-state index contributed by atoms with van der Waals surface area (Å²) in [5.41, 5.74) is 6.84. The maximum atomic E-state index is 11.9. The van der Waals surface area contributed by atoms with E-state index in [2.05, 4.69) is 12.2 Å². The maximum Gasteiger partial charge on any atom is 0.227 e. The van der Waals surface area contributed by atoms with Crippen molar-refractivity contribution < 1.29 is 4.79 Å². The molecule has 1 rings (SSSR count). The van der Waals surface area contributed by atoms with Crippen LogP contribution in [0.25, 0.3) is 0 Å². The SMILES string of the molecule is CCC(N)CCNC(=O)C(C)c1ccccc1. The van der Waals surface area contributed by atoms with Crippen molar-refractivity contribution in [3.8, 4) is 0 Å². The van der Waals surface area contributed by atoms with Gasteiger partial charge < -0.3 is 11.1 Å². The van der Waals surface area contributed by atoms with E-state index in [-0.39, 0.29) is 17.9 Å². The molecule has 0 aliphatic carbocycles. The Labute approximate surface area is 103 Å². The first-order chi connectivity index (χ1) is 8.15. The molecule has 2 atom stereocenters. The highest BCUT2D eigenvalue weighted by Crippen LogP contribution is 2.14. The van der Waals surface area contributed by atoms with Gasteiger partial charge in [0.2, 0.25) is 5.91 Å². The van der Waals surface area contributed by atoms with Gasteiger partial charge in [-0.1, -0.05) is 37.3 Å². The van der Waals surface area contributed by atoms with Crippen molar-refractivity contribution in [1.82, 2.24) is 5.32 Å². The normalized spacial score (nSPS) is 14.1. The van der Waals surface area contributed by atoms with Crippen LogP contribution in [-0.2, 0) is 4.79 Å². The van der Waals surface area contributed by atoms with Gasteiger partial charge in [0.15, 0.2) is 0 Å². The topological polar surface area (TPSA) is 55.1 Å². The molecule has 17 heavy (non-hydrogen) atoms. The summed E-state index contributed by atoms with van der Waals surface area (Å²) in [6.45, 7) is 4.63. The second-order valence-corrected chi connectivity index (χ2v) is 4.38. The van der Waals surface area contributed by atoms with Gasteiger partial charge in [-0.15, -0.1) is 0 Å². The fourth-order valence-electron chi connectivity index (χ4n) is 1.63. The summed E-state index contributed by atoms with van der Waals surface area (Å²) in [5, 5.41) is 2.93. The number of nitrogens with two attached hydrogens (primary N) is 1. The molecule has 3 heteroatoms. The smallest absolute Gasteiger partial charge is 0.227 e. The van der Waals surface area contributed by atoms with Crippen LogP contribution < -0.4 is 11.1 Å². The average Bonchev–Trinajstić information content (AvgIpc) is 2.38. The van der Waals surface area contributed by atoms with E-state index in [1.807, 2.05) is 37.3 Å². The van der Waals surface area contributed by atoms with Crippen molar-refractivity contribution in [2.75, 3.05) is 6.54 Å². The van der Waals surface area contributed by atoms with Crippen molar-refractivity contribution in [2.45, 2.75) is 38.6 Å². The Morgan fingerprint density at radius 2 is 2.00 bits per heavy atom. The fourth-order valence-corrected chi connectivity index (χ4v) is 1.63.